The summed E-state index contributed by atoms with van der Waals surface area (Å²) in [6.45, 7) is 1.08. The molecule has 2 aromatic carbocycles. The van der Waals surface area contributed by atoms with Gasteiger partial charge < -0.3 is 24.1 Å². The Morgan fingerprint density at radius 1 is 1.00 bits per heavy atom. The van der Waals surface area contributed by atoms with Gasteiger partial charge in [0.25, 0.3) is 0 Å². The minimum Gasteiger partial charge on any atom is -0.495 e. The first kappa shape index (κ1) is 23.0. The van der Waals surface area contributed by atoms with Gasteiger partial charge in [0.1, 0.15) is 5.75 Å². The lowest BCUT2D eigenvalue weighted by Crippen LogP contribution is -2.23. The molecule has 0 spiro atoms. The number of anilines is 1. The third-order valence-electron chi connectivity index (χ3n) is 4.32. The van der Waals surface area contributed by atoms with E-state index < -0.39 is 10.0 Å². The number of carbonyl (C=O) groups excluding carboxylic acids is 1. The van der Waals surface area contributed by atoms with Gasteiger partial charge >= 0.3 is 0 Å². The summed E-state index contributed by atoms with van der Waals surface area (Å²) in [6.07, 6.45) is 0. The Bertz CT molecular complexity index is 1220. The van der Waals surface area contributed by atoms with Crippen molar-refractivity contribution in [3.05, 3.63) is 42.3 Å². The van der Waals surface area contributed by atoms with E-state index in [-0.39, 0.29) is 34.7 Å². The maximum atomic E-state index is 12.7. The third-order valence-corrected chi connectivity index (χ3v) is 5.71. The molecule has 0 atom stereocenters. The van der Waals surface area contributed by atoms with Crippen LogP contribution in [0, 0.1) is 0 Å². The highest BCUT2D eigenvalue weighted by molar-refractivity contribution is 7.89. The van der Waals surface area contributed by atoms with E-state index in [0.29, 0.717) is 22.8 Å². The molecule has 32 heavy (non-hydrogen) atoms. The number of nitrogens with zero attached hydrogens (tertiary/aromatic N) is 2. The summed E-state index contributed by atoms with van der Waals surface area (Å²) < 4.78 is 48.5. The molecule has 3 rings (SSSR count). The van der Waals surface area contributed by atoms with Gasteiger partial charge in [-0.1, -0.05) is 5.16 Å². The molecule has 0 aliphatic carbocycles. The SMILES string of the molecule is COc1ccc(S(=O)(=O)NCc2nc(-c3ccc(OC)c(OC)c3)no2)cc1NC(C)=O. The first-order valence-electron chi connectivity index (χ1n) is 9.27. The number of hydrogen-bond donors (Lipinski definition) is 2. The molecule has 0 aliphatic rings. The van der Waals surface area contributed by atoms with E-state index in [1.165, 1.54) is 46.5 Å². The van der Waals surface area contributed by atoms with Crippen molar-refractivity contribution in [3.8, 4) is 28.6 Å². The first-order chi connectivity index (χ1) is 15.3. The maximum absolute atomic E-state index is 12.7. The van der Waals surface area contributed by atoms with Gasteiger partial charge in [-0.15, -0.1) is 0 Å². The smallest absolute Gasteiger partial charge is 0.242 e. The molecule has 1 aromatic heterocycles. The zero-order chi connectivity index (χ0) is 23.3. The lowest BCUT2D eigenvalue weighted by molar-refractivity contribution is -0.114. The van der Waals surface area contributed by atoms with Crippen molar-refractivity contribution < 1.29 is 31.9 Å². The summed E-state index contributed by atoms with van der Waals surface area (Å²) in [5.41, 5.74) is 0.840. The first-order valence-corrected chi connectivity index (χ1v) is 10.8. The van der Waals surface area contributed by atoms with Crippen LogP contribution >= 0.6 is 0 Å². The quantitative estimate of drug-likeness (QED) is 0.489. The Kier molecular flexibility index (Phi) is 6.95. The molecule has 0 unspecified atom stereocenters. The molecule has 1 heterocycles. The average molecular weight is 462 g/mol. The molecule has 0 bridgehead atoms. The van der Waals surface area contributed by atoms with Gasteiger partial charge in [-0.3, -0.25) is 4.79 Å². The normalized spacial score (nSPS) is 11.1. The molecule has 12 heteroatoms. The van der Waals surface area contributed by atoms with Gasteiger partial charge in [0.2, 0.25) is 27.6 Å². The molecule has 0 saturated heterocycles. The molecule has 1 amide bonds. The second kappa shape index (κ2) is 9.66. The van der Waals surface area contributed by atoms with Crippen LogP contribution < -0.4 is 24.2 Å². The predicted molar refractivity (Wildman–Crippen MR) is 114 cm³/mol. The number of hydrogen-bond acceptors (Lipinski definition) is 9. The van der Waals surface area contributed by atoms with Gasteiger partial charge in [-0.2, -0.15) is 4.98 Å². The molecule has 170 valence electrons. The Morgan fingerprint density at radius 2 is 1.69 bits per heavy atom. The van der Waals surface area contributed by atoms with Gasteiger partial charge in [0, 0.05) is 12.5 Å². The number of aromatic nitrogens is 2. The number of benzene rings is 2. The van der Waals surface area contributed by atoms with Gasteiger partial charge in [0.15, 0.2) is 11.5 Å². The second-order valence-corrected chi connectivity index (χ2v) is 8.22. The highest BCUT2D eigenvalue weighted by atomic mass is 32.2. The zero-order valence-electron chi connectivity index (χ0n) is 17.8. The zero-order valence-corrected chi connectivity index (χ0v) is 18.6. The predicted octanol–water partition coefficient (Wildman–Crippen LogP) is 2.20. The van der Waals surface area contributed by atoms with Crippen LogP contribution in [0.15, 0.2) is 45.8 Å². The van der Waals surface area contributed by atoms with Crippen LogP contribution in [-0.4, -0.2) is 45.8 Å². The number of ether oxygens (including phenoxy) is 3. The summed E-state index contributed by atoms with van der Waals surface area (Å²) in [5, 5.41) is 6.41. The van der Waals surface area contributed by atoms with Crippen molar-refractivity contribution in [1.82, 2.24) is 14.9 Å². The van der Waals surface area contributed by atoms with E-state index in [1.807, 2.05) is 0 Å². The van der Waals surface area contributed by atoms with Crippen LogP contribution in [0.3, 0.4) is 0 Å². The van der Waals surface area contributed by atoms with Gasteiger partial charge in [0.05, 0.1) is 38.5 Å². The van der Waals surface area contributed by atoms with E-state index in [0.717, 1.165) is 0 Å². The third kappa shape index (κ3) is 5.15. The largest absolute Gasteiger partial charge is 0.495 e. The summed E-state index contributed by atoms with van der Waals surface area (Å²) in [5.74, 6) is 1.33. The number of methoxy groups -OCH3 is 3. The summed E-state index contributed by atoms with van der Waals surface area (Å²) in [7, 11) is 0.512. The summed E-state index contributed by atoms with van der Waals surface area (Å²) in [4.78, 5) is 15.5. The number of carbonyl (C=O) groups is 1. The average Bonchev–Trinajstić information content (AvgIpc) is 3.26. The molecule has 0 radical (unpaired) electrons. The van der Waals surface area contributed by atoms with E-state index in [2.05, 4.69) is 20.2 Å². The highest BCUT2D eigenvalue weighted by Crippen LogP contribution is 2.31. The number of amides is 1. The van der Waals surface area contributed by atoms with Crippen molar-refractivity contribution in [2.24, 2.45) is 0 Å². The molecule has 3 aromatic rings. The number of rotatable bonds is 9. The van der Waals surface area contributed by atoms with E-state index in [4.69, 9.17) is 18.7 Å². The Labute approximate surface area is 184 Å². The van der Waals surface area contributed by atoms with Crippen LogP contribution in [-0.2, 0) is 21.4 Å². The molecule has 0 aliphatic heterocycles. The van der Waals surface area contributed by atoms with E-state index >= 15 is 0 Å². The number of sulfonamides is 1. The van der Waals surface area contributed by atoms with E-state index in [9.17, 15) is 13.2 Å². The van der Waals surface area contributed by atoms with E-state index in [1.54, 1.807) is 18.2 Å². The van der Waals surface area contributed by atoms with Crippen molar-refractivity contribution in [3.63, 3.8) is 0 Å². The topological polar surface area (TPSA) is 142 Å². The standard InChI is InChI=1S/C20H22N4O7S/c1-12(25)22-15-10-14(6-8-16(15)28-2)32(26,27)21-11-19-23-20(24-31-19)13-5-7-17(29-3)18(9-13)30-4/h5-10,21H,11H2,1-4H3,(H,22,25). The van der Waals surface area contributed by atoms with Crippen LogP contribution in [0.2, 0.25) is 0 Å². The molecular formula is C20H22N4O7S. The number of nitrogens with one attached hydrogen (secondary N) is 2. The van der Waals surface area contributed by atoms with Crippen molar-refractivity contribution in [2.75, 3.05) is 26.6 Å². The molecular weight excluding hydrogens is 440 g/mol. The monoisotopic (exact) mass is 462 g/mol. The Balaban J connectivity index is 1.76. The van der Waals surface area contributed by atoms with Crippen LogP contribution in [0.4, 0.5) is 5.69 Å². The molecule has 11 nitrogen and oxygen atoms in total. The minimum absolute atomic E-state index is 0.0638. The second-order valence-electron chi connectivity index (χ2n) is 6.45. The molecule has 0 fully saturated rings. The van der Waals surface area contributed by atoms with Gasteiger partial charge in [-0.05, 0) is 36.4 Å². The Hall–Kier alpha value is -3.64. The van der Waals surface area contributed by atoms with Crippen LogP contribution in [0.5, 0.6) is 17.2 Å². The molecule has 0 saturated carbocycles. The maximum Gasteiger partial charge on any atom is 0.242 e. The van der Waals surface area contributed by atoms with Crippen LogP contribution in [0.25, 0.3) is 11.4 Å². The highest BCUT2D eigenvalue weighted by Gasteiger charge is 2.19. The van der Waals surface area contributed by atoms with Crippen molar-refractivity contribution in [1.29, 1.82) is 0 Å². The molecule has 2 N–H and O–H groups in total. The fourth-order valence-electron chi connectivity index (χ4n) is 2.80. The van der Waals surface area contributed by atoms with Crippen LogP contribution in [0.1, 0.15) is 12.8 Å². The summed E-state index contributed by atoms with van der Waals surface area (Å²) >= 11 is 0. The van der Waals surface area contributed by atoms with Crippen molar-refractivity contribution >= 4 is 21.6 Å². The lowest BCUT2D eigenvalue weighted by atomic mass is 10.2. The lowest BCUT2D eigenvalue weighted by Gasteiger charge is -2.11. The Morgan fingerprint density at radius 3 is 2.34 bits per heavy atom. The fraction of sp³-hybridized carbons (Fsp3) is 0.250. The fourth-order valence-corrected chi connectivity index (χ4v) is 3.80. The minimum atomic E-state index is -3.94. The summed E-state index contributed by atoms with van der Waals surface area (Å²) in [6, 6.07) is 9.20. The van der Waals surface area contributed by atoms with Gasteiger partial charge in [-0.25, -0.2) is 13.1 Å². The van der Waals surface area contributed by atoms with Crippen molar-refractivity contribution in [2.45, 2.75) is 18.4 Å².